The minimum Gasteiger partial charge on any atom is -0.502 e. The number of hydrogen-bond acceptors (Lipinski definition) is 7. The number of aromatic hydroxyl groups is 1. The van der Waals surface area contributed by atoms with Crippen molar-refractivity contribution in [2.75, 3.05) is 26.3 Å². The van der Waals surface area contributed by atoms with Crippen molar-refractivity contribution in [3.05, 3.63) is 46.0 Å². The van der Waals surface area contributed by atoms with Gasteiger partial charge in [-0.2, -0.15) is 0 Å². The molecular formula is C16H15NO6. The molecule has 0 aromatic carbocycles. The van der Waals surface area contributed by atoms with Crippen LogP contribution in [0.3, 0.4) is 0 Å². The van der Waals surface area contributed by atoms with Crippen LogP contribution in [0.5, 0.6) is 5.75 Å². The lowest BCUT2D eigenvalue weighted by molar-refractivity contribution is -0.131. The van der Waals surface area contributed by atoms with E-state index in [9.17, 15) is 19.5 Å². The average molecular weight is 317 g/mol. The van der Waals surface area contributed by atoms with Gasteiger partial charge in [-0.15, -0.1) is 0 Å². The molecular weight excluding hydrogens is 302 g/mol. The van der Waals surface area contributed by atoms with Crippen LogP contribution in [0.15, 0.2) is 33.5 Å². The largest absolute Gasteiger partial charge is 0.502 e. The molecule has 0 bridgehead atoms. The first-order valence-electron chi connectivity index (χ1n) is 7.19. The van der Waals surface area contributed by atoms with E-state index in [-0.39, 0.29) is 11.3 Å². The fourth-order valence-corrected chi connectivity index (χ4v) is 2.44. The van der Waals surface area contributed by atoms with Gasteiger partial charge in [-0.05, 0) is 12.2 Å². The van der Waals surface area contributed by atoms with Gasteiger partial charge >= 0.3 is 0 Å². The van der Waals surface area contributed by atoms with E-state index in [1.54, 1.807) is 0 Å². The molecule has 1 aromatic heterocycles. The van der Waals surface area contributed by atoms with Gasteiger partial charge in [-0.3, -0.25) is 19.3 Å². The lowest BCUT2D eigenvalue weighted by atomic mass is 10.0. The molecule has 2 heterocycles. The zero-order valence-corrected chi connectivity index (χ0v) is 12.3. The summed E-state index contributed by atoms with van der Waals surface area (Å²) in [5, 5.41) is 9.92. The summed E-state index contributed by atoms with van der Waals surface area (Å²) < 4.78 is 10.9. The molecule has 0 unspecified atom stereocenters. The van der Waals surface area contributed by atoms with E-state index in [4.69, 9.17) is 9.15 Å². The number of hydrogen-bond donors (Lipinski definition) is 1. The topological polar surface area (TPSA) is 97.1 Å². The quantitative estimate of drug-likeness (QED) is 0.631. The van der Waals surface area contributed by atoms with E-state index in [0.717, 1.165) is 25.2 Å². The maximum Gasteiger partial charge on any atom is 0.227 e. The lowest BCUT2D eigenvalue weighted by Gasteiger charge is -2.26. The van der Waals surface area contributed by atoms with Gasteiger partial charge in [0, 0.05) is 30.8 Å². The first-order valence-corrected chi connectivity index (χ1v) is 7.19. The van der Waals surface area contributed by atoms with Crippen molar-refractivity contribution < 1.29 is 23.8 Å². The van der Waals surface area contributed by atoms with Crippen molar-refractivity contribution in [3.63, 3.8) is 0 Å². The molecule has 1 aliphatic carbocycles. The van der Waals surface area contributed by atoms with Gasteiger partial charge < -0.3 is 14.3 Å². The van der Waals surface area contributed by atoms with Gasteiger partial charge in [0.15, 0.2) is 5.76 Å². The highest BCUT2D eigenvalue weighted by atomic mass is 16.5. The van der Waals surface area contributed by atoms with Crippen LogP contribution in [0, 0.1) is 0 Å². The van der Waals surface area contributed by atoms with Crippen LogP contribution in [0.25, 0.3) is 5.57 Å². The van der Waals surface area contributed by atoms with Crippen LogP contribution in [-0.2, 0) is 20.9 Å². The number of allylic oxidation sites excluding steroid dienone is 4. The number of carbonyl (C=O) groups excluding carboxylic acids is 2. The zero-order chi connectivity index (χ0) is 16.4. The Morgan fingerprint density at radius 2 is 1.83 bits per heavy atom. The predicted molar refractivity (Wildman–Crippen MR) is 79.9 cm³/mol. The minimum absolute atomic E-state index is 0.0992. The molecule has 2 aliphatic rings. The molecule has 0 spiro atoms. The van der Waals surface area contributed by atoms with Gasteiger partial charge in [0.25, 0.3) is 0 Å². The fourth-order valence-electron chi connectivity index (χ4n) is 2.44. The van der Waals surface area contributed by atoms with Gasteiger partial charge in [0.2, 0.25) is 22.7 Å². The van der Waals surface area contributed by atoms with Crippen molar-refractivity contribution in [3.8, 4) is 5.75 Å². The summed E-state index contributed by atoms with van der Waals surface area (Å²) in [7, 11) is 0. The van der Waals surface area contributed by atoms with Gasteiger partial charge in [-0.25, -0.2) is 0 Å². The number of morpholine rings is 1. The van der Waals surface area contributed by atoms with Gasteiger partial charge in [-0.1, -0.05) is 0 Å². The van der Waals surface area contributed by atoms with Crippen LogP contribution in [0.1, 0.15) is 11.5 Å². The van der Waals surface area contributed by atoms with Crippen LogP contribution < -0.4 is 5.43 Å². The second kappa shape index (κ2) is 6.31. The standard InChI is InChI=1S/C16H15NO6/c18-12-2-1-10(7-13(12)19)16-15(21)14(20)8-11(23-16)9-17-3-5-22-6-4-17/h1-2,7-8,21H,3-6,9H2. The molecule has 120 valence electrons. The van der Waals surface area contributed by atoms with Gasteiger partial charge in [0.1, 0.15) is 5.76 Å². The number of carbonyl (C=O) groups is 2. The Morgan fingerprint density at radius 3 is 2.52 bits per heavy atom. The molecule has 1 N–H and O–H groups in total. The first-order chi connectivity index (χ1) is 11.0. The summed E-state index contributed by atoms with van der Waals surface area (Å²) >= 11 is 0. The van der Waals surface area contributed by atoms with Crippen LogP contribution in [0.4, 0.5) is 0 Å². The van der Waals surface area contributed by atoms with Crippen molar-refractivity contribution in [1.29, 1.82) is 0 Å². The van der Waals surface area contributed by atoms with Crippen molar-refractivity contribution in [2.24, 2.45) is 0 Å². The molecule has 0 saturated carbocycles. The summed E-state index contributed by atoms with van der Waals surface area (Å²) in [5.74, 6) is -1.67. The van der Waals surface area contributed by atoms with E-state index >= 15 is 0 Å². The maximum absolute atomic E-state index is 11.9. The Hall–Kier alpha value is -2.51. The molecule has 7 heteroatoms. The van der Waals surface area contributed by atoms with Crippen molar-refractivity contribution in [1.82, 2.24) is 4.90 Å². The third-order valence-corrected chi connectivity index (χ3v) is 3.66. The molecule has 1 aliphatic heterocycles. The van der Waals surface area contributed by atoms with E-state index < -0.39 is 22.7 Å². The van der Waals surface area contributed by atoms with Crippen LogP contribution in [0.2, 0.25) is 0 Å². The lowest BCUT2D eigenvalue weighted by Crippen LogP contribution is -2.35. The summed E-state index contributed by atoms with van der Waals surface area (Å²) in [6, 6.07) is 1.23. The molecule has 23 heavy (non-hydrogen) atoms. The molecule has 1 aromatic rings. The summed E-state index contributed by atoms with van der Waals surface area (Å²) in [4.78, 5) is 36.7. The zero-order valence-electron chi connectivity index (χ0n) is 12.3. The Morgan fingerprint density at radius 1 is 1.09 bits per heavy atom. The molecule has 0 amide bonds. The highest BCUT2D eigenvalue weighted by molar-refractivity contribution is 6.48. The van der Waals surface area contributed by atoms with Crippen molar-refractivity contribution >= 4 is 17.1 Å². The second-order valence-electron chi connectivity index (χ2n) is 5.30. The highest BCUT2D eigenvalue weighted by Crippen LogP contribution is 2.26. The van der Waals surface area contributed by atoms with E-state index in [2.05, 4.69) is 4.90 Å². The highest BCUT2D eigenvalue weighted by Gasteiger charge is 2.21. The summed E-state index contributed by atoms with van der Waals surface area (Å²) in [5.41, 5.74) is -0.388. The molecule has 0 atom stereocenters. The average Bonchev–Trinajstić information content (AvgIpc) is 2.54. The van der Waals surface area contributed by atoms with E-state index in [1.807, 2.05) is 0 Å². The Kier molecular flexibility index (Phi) is 4.22. The molecule has 0 radical (unpaired) electrons. The molecule has 7 nitrogen and oxygen atoms in total. The van der Waals surface area contributed by atoms with Gasteiger partial charge in [0.05, 0.1) is 19.8 Å². The molecule has 1 saturated heterocycles. The Balaban J connectivity index is 1.92. The first kappa shape index (κ1) is 15.4. The molecule has 1 fully saturated rings. The number of nitrogens with zero attached hydrogens (tertiary/aromatic N) is 1. The number of rotatable bonds is 3. The summed E-state index contributed by atoms with van der Waals surface area (Å²) in [6.45, 7) is 3.06. The van der Waals surface area contributed by atoms with E-state index in [1.165, 1.54) is 12.1 Å². The van der Waals surface area contributed by atoms with Crippen molar-refractivity contribution in [2.45, 2.75) is 6.54 Å². The number of ketones is 2. The minimum atomic E-state index is -0.719. The SMILES string of the molecule is O=C1C=CC(c2oc(CN3CCOCC3)cc(=O)c2O)=CC1=O. The molecule has 3 rings (SSSR count). The van der Waals surface area contributed by atoms with Crippen LogP contribution in [-0.4, -0.2) is 47.9 Å². The van der Waals surface area contributed by atoms with Crippen LogP contribution >= 0.6 is 0 Å². The van der Waals surface area contributed by atoms with E-state index in [0.29, 0.717) is 25.5 Å². The third kappa shape index (κ3) is 3.30. The Labute approximate surface area is 131 Å². The normalized spacial score (nSPS) is 19.0. The Bertz CT molecular complexity index is 767. The monoisotopic (exact) mass is 317 g/mol. The predicted octanol–water partition coefficient (Wildman–Crippen LogP) is 0.269. The fraction of sp³-hybridized carbons (Fsp3) is 0.312. The third-order valence-electron chi connectivity index (χ3n) is 3.66. The number of ether oxygens (including phenoxy) is 1. The summed E-state index contributed by atoms with van der Waals surface area (Å²) in [6.07, 6.45) is 3.49. The maximum atomic E-state index is 11.9. The smallest absolute Gasteiger partial charge is 0.227 e. The second-order valence-corrected chi connectivity index (χ2v) is 5.30.